The molecule has 0 aromatic heterocycles. The van der Waals surface area contributed by atoms with Gasteiger partial charge < -0.3 is 14.9 Å². The molecular formula is C16H22NO5. The van der Waals surface area contributed by atoms with Gasteiger partial charge in [-0.2, -0.15) is 0 Å². The zero-order chi connectivity index (χ0) is 16.7. The first-order chi connectivity index (χ1) is 10.0. The number of phenols is 2. The molecule has 1 saturated heterocycles. The number of nitrogens with zero attached hydrogens (tertiary/aromatic N) is 1. The van der Waals surface area contributed by atoms with Crippen LogP contribution in [0.25, 0.3) is 0 Å². The summed E-state index contributed by atoms with van der Waals surface area (Å²) in [5, 5.41) is 32.1. The van der Waals surface area contributed by atoms with Crippen LogP contribution in [0.15, 0.2) is 18.2 Å². The summed E-state index contributed by atoms with van der Waals surface area (Å²) >= 11 is 0. The summed E-state index contributed by atoms with van der Waals surface area (Å²) in [6.45, 7) is 7.31. The minimum atomic E-state index is -0.621. The standard InChI is InChI=1S/C16H22NO5/c1-15(2)8-11(9-16(3,4)17(15)21)22-14(20)10-5-6-12(18)13(19)7-10/h5-7,11,18-19H,8-9H2,1-4H3. The number of esters is 1. The first-order valence-corrected chi connectivity index (χ1v) is 7.23. The molecule has 1 aliphatic heterocycles. The van der Waals surface area contributed by atoms with Crippen molar-refractivity contribution in [2.75, 3.05) is 0 Å². The molecule has 6 nitrogen and oxygen atoms in total. The lowest BCUT2D eigenvalue weighted by molar-refractivity contribution is -0.298. The van der Waals surface area contributed by atoms with Crippen molar-refractivity contribution < 1.29 is 25.0 Å². The second kappa shape index (κ2) is 5.44. The Labute approximate surface area is 129 Å². The van der Waals surface area contributed by atoms with Gasteiger partial charge in [-0.1, -0.05) is 0 Å². The molecule has 2 N–H and O–H groups in total. The first kappa shape index (κ1) is 16.6. The van der Waals surface area contributed by atoms with Gasteiger partial charge in [0.2, 0.25) is 0 Å². The number of hydrogen-bond donors (Lipinski definition) is 2. The van der Waals surface area contributed by atoms with Crippen molar-refractivity contribution >= 4 is 5.97 Å². The molecule has 0 unspecified atom stereocenters. The normalized spacial score (nSPS) is 21.5. The number of benzene rings is 1. The van der Waals surface area contributed by atoms with Crippen molar-refractivity contribution in [3.8, 4) is 11.5 Å². The number of hydrogen-bond acceptors (Lipinski definition) is 5. The third-order valence-corrected chi connectivity index (χ3v) is 4.04. The summed E-state index contributed by atoms with van der Waals surface area (Å²) in [4.78, 5) is 12.2. The molecule has 0 atom stereocenters. The lowest BCUT2D eigenvalue weighted by Crippen LogP contribution is -2.60. The quantitative estimate of drug-likeness (QED) is 0.647. The van der Waals surface area contributed by atoms with Gasteiger partial charge in [0.25, 0.3) is 0 Å². The van der Waals surface area contributed by atoms with Crippen LogP contribution < -0.4 is 0 Å². The van der Waals surface area contributed by atoms with E-state index in [1.54, 1.807) is 0 Å². The van der Waals surface area contributed by atoms with Crippen LogP contribution in [-0.2, 0) is 9.94 Å². The highest BCUT2D eigenvalue weighted by Gasteiger charge is 2.47. The lowest BCUT2D eigenvalue weighted by Gasteiger charge is -2.49. The number of carbonyl (C=O) groups excluding carboxylic acids is 1. The van der Waals surface area contributed by atoms with Crippen LogP contribution in [0.5, 0.6) is 11.5 Å². The fourth-order valence-corrected chi connectivity index (χ4v) is 3.12. The van der Waals surface area contributed by atoms with E-state index < -0.39 is 17.0 Å². The summed E-state index contributed by atoms with van der Waals surface area (Å²) in [5.41, 5.74) is -1.08. The Morgan fingerprint density at radius 1 is 1.14 bits per heavy atom. The Bertz CT molecular complexity index is 564. The number of piperidine rings is 1. The van der Waals surface area contributed by atoms with E-state index in [2.05, 4.69) is 0 Å². The average molecular weight is 308 g/mol. The van der Waals surface area contributed by atoms with Crippen molar-refractivity contribution in [1.29, 1.82) is 0 Å². The summed E-state index contributed by atoms with van der Waals surface area (Å²) < 4.78 is 5.49. The molecule has 0 amide bonds. The van der Waals surface area contributed by atoms with Gasteiger partial charge in [-0.3, -0.25) is 0 Å². The van der Waals surface area contributed by atoms with E-state index in [-0.39, 0.29) is 23.2 Å². The maximum absolute atomic E-state index is 12.3. The van der Waals surface area contributed by atoms with Crippen LogP contribution in [0, 0.1) is 0 Å². The molecule has 0 saturated carbocycles. The molecule has 1 aliphatic rings. The van der Waals surface area contributed by atoms with E-state index in [1.807, 2.05) is 27.7 Å². The zero-order valence-corrected chi connectivity index (χ0v) is 13.3. The SMILES string of the molecule is CC1(C)CC(OC(=O)c2ccc(O)c(O)c2)CC(C)(C)N1[O]. The number of carbonyl (C=O) groups is 1. The fourth-order valence-electron chi connectivity index (χ4n) is 3.12. The molecule has 0 aliphatic carbocycles. The molecule has 6 heteroatoms. The molecule has 0 bridgehead atoms. The van der Waals surface area contributed by atoms with E-state index in [9.17, 15) is 20.2 Å². The summed E-state index contributed by atoms with van der Waals surface area (Å²) in [5.74, 6) is -1.24. The molecule has 121 valence electrons. The van der Waals surface area contributed by atoms with Gasteiger partial charge in [0.15, 0.2) is 11.5 Å². The van der Waals surface area contributed by atoms with Crippen LogP contribution in [-0.4, -0.2) is 38.4 Å². The largest absolute Gasteiger partial charge is 0.504 e. The second-order valence-corrected chi connectivity index (χ2v) is 7.06. The minimum absolute atomic E-state index is 0.162. The molecular weight excluding hydrogens is 286 g/mol. The third-order valence-electron chi connectivity index (χ3n) is 4.04. The monoisotopic (exact) mass is 308 g/mol. The van der Waals surface area contributed by atoms with Gasteiger partial charge in [0.1, 0.15) is 6.10 Å². The number of rotatable bonds is 2. The van der Waals surface area contributed by atoms with Crippen LogP contribution in [0.3, 0.4) is 0 Å². The van der Waals surface area contributed by atoms with Crippen LogP contribution in [0.1, 0.15) is 50.9 Å². The van der Waals surface area contributed by atoms with Crippen molar-refractivity contribution in [3.63, 3.8) is 0 Å². The van der Waals surface area contributed by atoms with E-state index in [0.717, 1.165) is 11.1 Å². The summed E-state index contributed by atoms with van der Waals surface area (Å²) in [6.07, 6.45) is 0.504. The molecule has 0 spiro atoms. The van der Waals surface area contributed by atoms with Crippen LogP contribution in [0.2, 0.25) is 0 Å². The van der Waals surface area contributed by atoms with Gasteiger partial charge >= 0.3 is 5.97 Å². The average Bonchev–Trinajstić information content (AvgIpc) is 2.38. The smallest absolute Gasteiger partial charge is 0.338 e. The summed E-state index contributed by atoms with van der Waals surface area (Å²) in [7, 11) is 0. The van der Waals surface area contributed by atoms with Crippen molar-refractivity contribution in [2.24, 2.45) is 0 Å². The Balaban J connectivity index is 2.13. The molecule has 1 aromatic carbocycles. The molecule has 1 radical (unpaired) electrons. The molecule has 1 fully saturated rings. The van der Waals surface area contributed by atoms with Crippen LogP contribution in [0.4, 0.5) is 0 Å². The Morgan fingerprint density at radius 2 is 1.68 bits per heavy atom. The molecule has 1 heterocycles. The molecule has 1 aromatic rings. The highest BCUT2D eigenvalue weighted by molar-refractivity contribution is 5.90. The summed E-state index contributed by atoms with van der Waals surface area (Å²) in [6, 6.07) is 3.78. The van der Waals surface area contributed by atoms with Crippen LogP contribution >= 0.6 is 0 Å². The molecule has 2 rings (SSSR count). The topological polar surface area (TPSA) is 89.9 Å². The van der Waals surface area contributed by atoms with E-state index in [4.69, 9.17) is 4.74 Å². The maximum Gasteiger partial charge on any atom is 0.338 e. The van der Waals surface area contributed by atoms with E-state index in [0.29, 0.717) is 12.8 Å². The number of ether oxygens (including phenoxy) is 1. The number of hydroxylamine groups is 2. The maximum atomic E-state index is 12.3. The first-order valence-electron chi connectivity index (χ1n) is 7.23. The highest BCUT2D eigenvalue weighted by Crippen LogP contribution is 2.38. The zero-order valence-electron chi connectivity index (χ0n) is 13.3. The van der Waals surface area contributed by atoms with Gasteiger partial charge in [0, 0.05) is 23.9 Å². The number of aromatic hydroxyl groups is 2. The Hall–Kier alpha value is -1.79. The Morgan fingerprint density at radius 3 is 2.18 bits per heavy atom. The van der Waals surface area contributed by atoms with Crippen molar-refractivity contribution in [2.45, 2.75) is 57.7 Å². The Kier molecular flexibility index (Phi) is 4.10. The lowest BCUT2D eigenvalue weighted by atomic mass is 9.80. The predicted octanol–water partition coefficient (Wildman–Crippen LogP) is 2.62. The van der Waals surface area contributed by atoms with Crippen molar-refractivity contribution in [3.05, 3.63) is 23.8 Å². The fraction of sp³-hybridized carbons (Fsp3) is 0.562. The third kappa shape index (κ3) is 3.18. The second-order valence-electron chi connectivity index (χ2n) is 7.06. The highest BCUT2D eigenvalue weighted by atomic mass is 16.5. The predicted molar refractivity (Wildman–Crippen MR) is 78.9 cm³/mol. The van der Waals surface area contributed by atoms with E-state index >= 15 is 0 Å². The van der Waals surface area contributed by atoms with Gasteiger partial charge in [-0.05, 0) is 45.9 Å². The van der Waals surface area contributed by atoms with E-state index in [1.165, 1.54) is 12.1 Å². The molecule has 22 heavy (non-hydrogen) atoms. The van der Waals surface area contributed by atoms with Gasteiger partial charge in [-0.15, -0.1) is 10.3 Å². The number of phenolic OH excluding ortho intramolecular Hbond substituents is 2. The van der Waals surface area contributed by atoms with Crippen molar-refractivity contribution in [1.82, 2.24) is 5.06 Å². The minimum Gasteiger partial charge on any atom is -0.504 e. The van der Waals surface area contributed by atoms with Gasteiger partial charge in [0.05, 0.1) is 5.56 Å². The van der Waals surface area contributed by atoms with Gasteiger partial charge in [-0.25, -0.2) is 4.79 Å².